The molecule has 0 saturated heterocycles. The monoisotopic (exact) mass is 331 g/mol. The SMILES string of the molecule is COc1cc2[nH]c(C=O)c(I)c2cc1OC. The summed E-state index contributed by atoms with van der Waals surface area (Å²) in [6.45, 7) is 0. The highest BCUT2D eigenvalue weighted by molar-refractivity contribution is 14.1. The van der Waals surface area contributed by atoms with E-state index in [4.69, 9.17) is 9.47 Å². The molecule has 0 aliphatic heterocycles. The van der Waals surface area contributed by atoms with Crippen molar-refractivity contribution in [3.63, 3.8) is 0 Å². The average Bonchev–Trinajstić information content (AvgIpc) is 2.63. The van der Waals surface area contributed by atoms with Gasteiger partial charge in [-0.15, -0.1) is 0 Å². The molecule has 5 heteroatoms. The number of carbonyl (C=O) groups is 1. The minimum atomic E-state index is 0.575. The number of rotatable bonds is 3. The number of nitrogens with one attached hydrogen (secondary N) is 1. The number of carbonyl (C=O) groups excluding carboxylic acids is 1. The molecule has 84 valence electrons. The first-order valence-electron chi connectivity index (χ1n) is 4.59. The molecule has 1 heterocycles. The Balaban J connectivity index is 2.75. The van der Waals surface area contributed by atoms with E-state index in [2.05, 4.69) is 27.6 Å². The molecular weight excluding hydrogens is 321 g/mol. The van der Waals surface area contributed by atoms with E-state index in [0.717, 1.165) is 20.8 Å². The van der Waals surface area contributed by atoms with Gasteiger partial charge >= 0.3 is 0 Å². The molecule has 1 N–H and O–H groups in total. The number of H-pyrrole nitrogens is 1. The van der Waals surface area contributed by atoms with Crippen molar-refractivity contribution in [3.05, 3.63) is 21.4 Å². The van der Waals surface area contributed by atoms with Crippen LogP contribution in [0.4, 0.5) is 0 Å². The third kappa shape index (κ3) is 1.64. The van der Waals surface area contributed by atoms with Crippen molar-refractivity contribution in [2.75, 3.05) is 14.2 Å². The fraction of sp³-hybridized carbons (Fsp3) is 0.182. The summed E-state index contributed by atoms with van der Waals surface area (Å²) in [5, 5.41) is 0.959. The van der Waals surface area contributed by atoms with Crippen molar-refractivity contribution in [2.24, 2.45) is 0 Å². The third-order valence-corrected chi connectivity index (χ3v) is 3.55. The van der Waals surface area contributed by atoms with Gasteiger partial charge in [0.2, 0.25) is 0 Å². The maximum Gasteiger partial charge on any atom is 0.167 e. The highest BCUT2D eigenvalue weighted by atomic mass is 127. The first-order valence-corrected chi connectivity index (χ1v) is 5.67. The highest BCUT2D eigenvalue weighted by Crippen LogP contribution is 2.34. The number of hydrogen-bond acceptors (Lipinski definition) is 3. The lowest BCUT2D eigenvalue weighted by Crippen LogP contribution is -1.89. The minimum Gasteiger partial charge on any atom is -0.493 e. The normalized spacial score (nSPS) is 10.4. The molecule has 2 rings (SSSR count). The van der Waals surface area contributed by atoms with Crippen LogP contribution < -0.4 is 9.47 Å². The van der Waals surface area contributed by atoms with Gasteiger partial charge in [0.25, 0.3) is 0 Å². The van der Waals surface area contributed by atoms with Gasteiger partial charge in [-0.2, -0.15) is 0 Å². The second-order valence-corrected chi connectivity index (χ2v) is 4.30. The van der Waals surface area contributed by atoms with Crippen LogP contribution in [0.2, 0.25) is 0 Å². The molecule has 4 nitrogen and oxygen atoms in total. The zero-order chi connectivity index (χ0) is 11.7. The van der Waals surface area contributed by atoms with Crippen molar-refractivity contribution in [1.29, 1.82) is 0 Å². The topological polar surface area (TPSA) is 51.3 Å². The molecule has 2 aromatic rings. The second kappa shape index (κ2) is 4.32. The van der Waals surface area contributed by atoms with Crippen molar-refractivity contribution < 1.29 is 14.3 Å². The van der Waals surface area contributed by atoms with E-state index >= 15 is 0 Å². The quantitative estimate of drug-likeness (QED) is 0.695. The van der Waals surface area contributed by atoms with Gasteiger partial charge in [0, 0.05) is 15.0 Å². The number of fused-ring (bicyclic) bond motifs is 1. The smallest absolute Gasteiger partial charge is 0.167 e. The Bertz CT molecular complexity index is 548. The van der Waals surface area contributed by atoms with E-state index in [9.17, 15) is 4.79 Å². The summed E-state index contributed by atoms with van der Waals surface area (Å²) >= 11 is 2.13. The zero-order valence-corrected chi connectivity index (χ0v) is 11.0. The predicted molar refractivity (Wildman–Crippen MR) is 69.5 cm³/mol. The molecular formula is C11H10INO3. The van der Waals surface area contributed by atoms with Crippen LogP contribution in [-0.2, 0) is 0 Å². The van der Waals surface area contributed by atoms with Crippen LogP contribution in [0.25, 0.3) is 10.9 Å². The highest BCUT2D eigenvalue weighted by Gasteiger charge is 2.12. The number of halogens is 1. The number of aromatic amines is 1. The summed E-state index contributed by atoms with van der Waals surface area (Å²) in [5.41, 5.74) is 1.44. The minimum absolute atomic E-state index is 0.575. The van der Waals surface area contributed by atoms with Crippen LogP contribution in [0.15, 0.2) is 12.1 Å². The molecule has 0 spiro atoms. The summed E-state index contributed by atoms with van der Waals surface area (Å²) in [7, 11) is 3.17. The summed E-state index contributed by atoms with van der Waals surface area (Å²) in [4.78, 5) is 13.8. The van der Waals surface area contributed by atoms with Crippen LogP contribution in [-0.4, -0.2) is 25.5 Å². The number of ether oxygens (including phenoxy) is 2. The van der Waals surface area contributed by atoms with Gasteiger partial charge in [0.1, 0.15) is 0 Å². The Hall–Kier alpha value is -1.24. The van der Waals surface area contributed by atoms with Crippen molar-refractivity contribution >= 4 is 39.8 Å². The molecule has 0 saturated carbocycles. The van der Waals surface area contributed by atoms with Crippen molar-refractivity contribution in [3.8, 4) is 11.5 Å². The maximum atomic E-state index is 10.8. The van der Waals surface area contributed by atoms with Crippen molar-refractivity contribution in [2.45, 2.75) is 0 Å². The molecule has 16 heavy (non-hydrogen) atoms. The lowest BCUT2D eigenvalue weighted by molar-refractivity contribution is 0.111. The van der Waals surface area contributed by atoms with Crippen LogP contribution in [0, 0.1) is 3.57 Å². The number of methoxy groups -OCH3 is 2. The molecule has 1 aromatic heterocycles. The van der Waals surface area contributed by atoms with Crippen LogP contribution >= 0.6 is 22.6 Å². The molecule has 0 aliphatic carbocycles. The first-order chi connectivity index (χ1) is 7.71. The summed E-state index contributed by atoms with van der Waals surface area (Å²) < 4.78 is 11.3. The summed E-state index contributed by atoms with van der Waals surface area (Å²) in [5.74, 6) is 1.30. The first kappa shape index (κ1) is 11.3. The van der Waals surface area contributed by atoms with Crippen LogP contribution in [0.5, 0.6) is 11.5 Å². The number of hydrogen-bond donors (Lipinski definition) is 1. The lowest BCUT2D eigenvalue weighted by Gasteiger charge is -2.06. The van der Waals surface area contributed by atoms with E-state index in [0.29, 0.717) is 17.2 Å². The van der Waals surface area contributed by atoms with E-state index in [1.165, 1.54) is 0 Å². The van der Waals surface area contributed by atoms with E-state index < -0.39 is 0 Å². The van der Waals surface area contributed by atoms with Gasteiger partial charge < -0.3 is 14.5 Å². The van der Waals surface area contributed by atoms with Gasteiger partial charge in [-0.05, 0) is 28.7 Å². The van der Waals surface area contributed by atoms with Gasteiger partial charge in [-0.25, -0.2) is 0 Å². The third-order valence-electron chi connectivity index (χ3n) is 2.38. The largest absolute Gasteiger partial charge is 0.493 e. The van der Waals surface area contributed by atoms with Gasteiger partial charge in [-0.1, -0.05) is 0 Å². The molecule has 0 unspecified atom stereocenters. The van der Waals surface area contributed by atoms with Gasteiger partial charge in [-0.3, -0.25) is 4.79 Å². The molecule has 0 atom stereocenters. The fourth-order valence-electron chi connectivity index (χ4n) is 1.59. The van der Waals surface area contributed by atoms with E-state index in [1.54, 1.807) is 14.2 Å². The predicted octanol–water partition coefficient (Wildman–Crippen LogP) is 2.60. The Kier molecular flexibility index (Phi) is 3.04. The zero-order valence-electron chi connectivity index (χ0n) is 8.83. The Morgan fingerprint density at radius 1 is 1.25 bits per heavy atom. The van der Waals surface area contributed by atoms with E-state index in [1.807, 2.05) is 12.1 Å². The van der Waals surface area contributed by atoms with Crippen molar-refractivity contribution in [1.82, 2.24) is 4.98 Å². The number of benzene rings is 1. The fourth-order valence-corrected chi connectivity index (χ4v) is 2.30. The Labute approximate surface area is 106 Å². The summed E-state index contributed by atoms with van der Waals surface area (Å²) in [6.07, 6.45) is 0.806. The Morgan fingerprint density at radius 2 is 1.88 bits per heavy atom. The van der Waals surface area contributed by atoms with E-state index in [-0.39, 0.29) is 0 Å². The molecule has 1 aromatic carbocycles. The molecule has 0 radical (unpaired) electrons. The maximum absolute atomic E-state index is 10.8. The molecule has 0 fully saturated rings. The van der Waals surface area contributed by atoms with Gasteiger partial charge in [0.05, 0.1) is 25.4 Å². The average molecular weight is 331 g/mol. The van der Waals surface area contributed by atoms with Crippen LogP contribution in [0.1, 0.15) is 10.5 Å². The second-order valence-electron chi connectivity index (χ2n) is 3.22. The molecule has 0 amide bonds. The number of aromatic nitrogens is 1. The van der Waals surface area contributed by atoms with Crippen LogP contribution in [0.3, 0.4) is 0 Å². The Morgan fingerprint density at radius 3 is 2.44 bits per heavy atom. The molecule has 0 aliphatic rings. The number of aldehydes is 1. The van der Waals surface area contributed by atoms with Gasteiger partial charge in [0.15, 0.2) is 17.8 Å². The standard InChI is InChI=1S/C11H10INO3/c1-15-9-3-6-7(4-10(9)16-2)13-8(5-14)11(6)12/h3-5,13H,1-2H3. The summed E-state index contributed by atoms with van der Waals surface area (Å²) in [6, 6.07) is 3.68. The lowest BCUT2D eigenvalue weighted by atomic mass is 10.2. The molecule has 0 bridgehead atoms.